The van der Waals surface area contributed by atoms with Crippen LogP contribution in [0.3, 0.4) is 0 Å². The van der Waals surface area contributed by atoms with Crippen molar-refractivity contribution >= 4 is 11.0 Å². The Labute approximate surface area is 159 Å². The fourth-order valence-corrected chi connectivity index (χ4v) is 3.22. The summed E-state index contributed by atoms with van der Waals surface area (Å²) in [5.41, 5.74) is 2.40. The van der Waals surface area contributed by atoms with Crippen molar-refractivity contribution in [2.24, 2.45) is 0 Å². The van der Waals surface area contributed by atoms with Crippen molar-refractivity contribution in [1.82, 2.24) is 4.90 Å². The molecule has 3 aromatic rings. The van der Waals surface area contributed by atoms with Crippen LogP contribution in [0, 0.1) is 0 Å². The molecule has 2 aromatic carbocycles. The topological polar surface area (TPSA) is 51.9 Å². The number of nitrogens with zero attached hydrogens (tertiary/aromatic N) is 1. The Morgan fingerprint density at radius 1 is 0.926 bits per heavy atom. The lowest BCUT2D eigenvalue weighted by molar-refractivity contribution is 0.257. The van der Waals surface area contributed by atoms with Gasteiger partial charge in [0, 0.05) is 24.5 Å². The summed E-state index contributed by atoms with van der Waals surface area (Å²) in [5, 5.41) is 0.907. The molecule has 0 saturated heterocycles. The van der Waals surface area contributed by atoms with Gasteiger partial charge in [0.05, 0.1) is 14.2 Å². The Kier molecular flexibility index (Phi) is 6.14. The average molecular weight is 367 g/mol. The second-order valence-corrected chi connectivity index (χ2v) is 6.51. The van der Waals surface area contributed by atoms with Gasteiger partial charge in [0.25, 0.3) is 0 Å². The Morgan fingerprint density at radius 2 is 1.63 bits per heavy atom. The van der Waals surface area contributed by atoms with Crippen molar-refractivity contribution < 1.29 is 13.9 Å². The first kappa shape index (κ1) is 19.0. The molecule has 0 atom stereocenters. The van der Waals surface area contributed by atoms with E-state index in [1.807, 2.05) is 18.2 Å². The van der Waals surface area contributed by atoms with Gasteiger partial charge in [0.2, 0.25) is 0 Å². The Bertz CT molecular complexity index is 947. The van der Waals surface area contributed by atoms with E-state index in [1.165, 1.54) is 5.56 Å². The smallest absolute Gasteiger partial charge is 0.336 e. The maximum absolute atomic E-state index is 12.0. The van der Waals surface area contributed by atoms with E-state index >= 15 is 0 Å². The van der Waals surface area contributed by atoms with Gasteiger partial charge in [0.15, 0.2) is 0 Å². The van der Waals surface area contributed by atoms with E-state index in [0.29, 0.717) is 12.1 Å². The van der Waals surface area contributed by atoms with E-state index in [2.05, 4.69) is 24.0 Å². The second-order valence-electron chi connectivity index (χ2n) is 6.51. The van der Waals surface area contributed by atoms with Crippen LogP contribution in [0.2, 0.25) is 0 Å². The maximum atomic E-state index is 12.0. The van der Waals surface area contributed by atoms with E-state index in [4.69, 9.17) is 13.9 Å². The van der Waals surface area contributed by atoms with Gasteiger partial charge >= 0.3 is 5.63 Å². The molecular weight excluding hydrogens is 342 g/mol. The molecule has 0 fully saturated rings. The standard InChI is InChI=1S/C22H25NO4/c1-4-11-23(14-16-5-7-18(25-2)8-6-16)15-17-12-22(24)27-21-10-9-19(26-3)13-20(17)21/h5-10,12-13H,4,11,14-15H2,1-3H3. The highest BCUT2D eigenvalue weighted by Gasteiger charge is 2.12. The van der Waals surface area contributed by atoms with Crippen LogP contribution >= 0.6 is 0 Å². The van der Waals surface area contributed by atoms with Crippen LogP contribution in [-0.2, 0) is 13.1 Å². The van der Waals surface area contributed by atoms with Gasteiger partial charge in [-0.3, -0.25) is 4.90 Å². The predicted molar refractivity (Wildman–Crippen MR) is 106 cm³/mol. The summed E-state index contributed by atoms with van der Waals surface area (Å²) < 4.78 is 15.9. The molecule has 3 rings (SSSR count). The molecule has 0 spiro atoms. The number of hydrogen-bond donors (Lipinski definition) is 0. The number of fused-ring (bicyclic) bond motifs is 1. The first-order valence-corrected chi connectivity index (χ1v) is 9.09. The van der Waals surface area contributed by atoms with Crippen LogP contribution in [0.1, 0.15) is 24.5 Å². The molecule has 0 radical (unpaired) electrons. The largest absolute Gasteiger partial charge is 0.497 e. The van der Waals surface area contributed by atoms with Gasteiger partial charge in [-0.2, -0.15) is 0 Å². The minimum Gasteiger partial charge on any atom is -0.497 e. The molecule has 0 N–H and O–H groups in total. The van der Waals surface area contributed by atoms with Crippen LogP contribution in [0.4, 0.5) is 0 Å². The zero-order chi connectivity index (χ0) is 19.2. The van der Waals surface area contributed by atoms with Crippen LogP contribution in [0.5, 0.6) is 11.5 Å². The van der Waals surface area contributed by atoms with Crippen LogP contribution < -0.4 is 15.1 Å². The summed E-state index contributed by atoms with van der Waals surface area (Å²) in [4.78, 5) is 14.3. The lowest BCUT2D eigenvalue weighted by atomic mass is 10.1. The van der Waals surface area contributed by atoms with Crippen LogP contribution in [0.15, 0.2) is 57.7 Å². The van der Waals surface area contributed by atoms with Crippen molar-refractivity contribution in [1.29, 1.82) is 0 Å². The molecule has 0 unspecified atom stereocenters. The Morgan fingerprint density at radius 3 is 2.30 bits per heavy atom. The number of methoxy groups -OCH3 is 2. The first-order valence-electron chi connectivity index (χ1n) is 9.09. The molecule has 5 nitrogen and oxygen atoms in total. The Hall–Kier alpha value is -2.79. The minimum atomic E-state index is -0.330. The van der Waals surface area contributed by atoms with E-state index in [1.54, 1.807) is 32.4 Å². The number of benzene rings is 2. The molecule has 1 heterocycles. The summed E-state index contributed by atoms with van der Waals surface area (Å²) in [5.74, 6) is 1.59. The molecule has 5 heteroatoms. The van der Waals surface area contributed by atoms with Gasteiger partial charge in [-0.15, -0.1) is 0 Å². The highest BCUT2D eigenvalue weighted by Crippen LogP contribution is 2.24. The Balaban J connectivity index is 1.89. The van der Waals surface area contributed by atoms with Gasteiger partial charge < -0.3 is 13.9 Å². The van der Waals surface area contributed by atoms with Crippen LogP contribution in [0.25, 0.3) is 11.0 Å². The number of rotatable bonds is 8. The third kappa shape index (κ3) is 4.68. The molecule has 0 aliphatic carbocycles. The summed E-state index contributed by atoms with van der Waals surface area (Å²) in [6.07, 6.45) is 1.03. The summed E-state index contributed by atoms with van der Waals surface area (Å²) in [7, 11) is 3.30. The zero-order valence-corrected chi connectivity index (χ0v) is 16.0. The fraction of sp³-hybridized carbons (Fsp3) is 0.318. The molecule has 0 aliphatic rings. The predicted octanol–water partition coefficient (Wildman–Crippen LogP) is 4.22. The first-order chi connectivity index (χ1) is 13.1. The number of ether oxygens (including phenoxy) is 2. The number of hydrogen-bond acceptors (Lipinski definition) is 5. The third-order valence-corrected chi connectivity index (χ3v) is 4.53. The monoisotopic (exact) mass is 367 g/mol. The fourth-order valence-electron chi connectivity index (χ4n) is 3.22. The molecule has 27 heavy (non-hydrogen) atoms. The molecule has 0 bridgehead atoms. The lowest BCUT2D eigenvalue weighted by Crippen LogP contribution is -2.24. The highest BCUT2D eigenvalue weighted by molar-refractivity contribution is 5.81. The van der Waals surface area contributed by atoms with E-state index in [0.717, 1.165) is 42.0 Å². The van der Waals surface area contributed by atoms with E-state index in [9.17, 15) is 4.79 Å². The molecule has 0 amide bonds. The van der Waals surface area contributed by atoms with Crippen molar-refractivity contribution in [3.05, 3.63) is 70.1 Å². The normalized spacial score (nSPS) is 11.1. The van der Waals surface area contributed by atoms with Crippen LogP contribution in [-0.4, -0.2) is 25.7 Å². The molecule has 0 aliphatic heterocycles. The lowest BCUT2D eigenvalue weighted by Gasteiger charge is -2.22. The summed E-state index contributed by atoms with van der Waals surface area (Å²) in [6.45, 7) is 4.54. The van der Waals surface area contributed by atoms with Crippen molar-refractivity contribution in [2.45, 2.75) is 26.4 Å². The van der Waals surface area contributed by atoms with Gasteiger partial charge in [0.1, 0.15) is 17.1 Å². The van der Waals surface area contributed by atoms with E-state index in [-0.39, 0.29) is 5.63 Å². The minimum absolute atomic E-state index is 0.330. The summed E-state index contributed by atoms with van der Waals surface area (Å²) >= 11 is 0. The third-order valence-electron chi connectivity index (χ3n) is 4.53. The second kappa shape index (κ2) is 8.73. The SMILES string of the molecule is CCCN(Cc1ccc(OC)cc1)Cc1cc(=O)oc2ccc(OC)cc12. The zero-order valence-electron chi connectivity index (χ0n) is 16.0. The molecular formula is C22H25NO4. The van der Waals surface area contributed by atoms with Gasteiger partial charge in [-0.05, 0) is 54.4 Å². The molecule has 0 saturated carbocycles. The van der Waals surface area contributed by atoms with Gasteiger partial charge in [-0.25, -0.2) is 4.79 Å². The van der Waals surface area contributed by atoms with Crippen molar-refractivity contribution in [3.63, 3.8) is 0 Å². The average Bonchev–Trinajstić information content (AvgIpc) is 2.68. The van der Waals surface area contributed by atoms with E-state index < -0.39 is 0 Å². The van der Waals surface area contributed by atoms with Crippen molar-refractivity contribution in [3.8, 4) is 11.5 Å². The summed E-state index contributed by atoms with van der Waals surface area (Å²) in [6, 6.07) is 15.2. The molecule has 142 valence electrons. The quantitative estimate of drug-likeness (QED) is 0.558. The van der Waals surface area contributed by atoms with Crippen molar-refractivity contribution in [2.75, 3.05) is 20.8 Å². The highest BCUT2D eigenvalue weighted by atomic mass is 16.5. The van der Waals surface area contributed by atoms with Gasteiger partial charge in [-0.1, -0.05) is 19.1 Å². The maximum Gasteiger partial charge on any atom is 0.336 e. The molecule has 1 aromatic heterocycles.